The maximum Gasteiger partial charge on any atom is 0.337 e. The molecule has 94 valence electrons. The van der Waals surface area contributed by atoms with Crippen LogP contribution in [0.1, 0.15) is 34.8 Å². The molecular formula is C12H12N2O3S. The van der Waals surface area contributed by atoms with Crippen LogP contribution in [0.5, 0.6) is 0 Å². The average Bonchev–Trinajstić information content (AvgIpc) is 2.86. The zero-order chi connectivity index (χ0) is 13.1. The first kappa shape index (κ1) is 12.5. The van der Waals surface area contributed by atoms with Gasteiger partial charge in [-0.1, -0.05) is 6.92 Å². The Kier molecular flexibility index (Phi) is 3.57. The second-order valence-electron chi connectivity index (χ2n) is 3.76. The van der Waals surface area contributed by atoms with Gasteiger partial charge in [0.1, 0.15) is 5.01 Å². The van der Waals surface area contributed by atoms with E-state index in [1.54, 1.807) is 6.20 Å². The van der Waals surface area contributed by atoms with Crippen LogP contribution in [0, 0.1) is 0 Å². The fourth-order valence-corrected chi connectivity index (χ4v) is 2.58. The molecule has 2 aromatic rings. The van der Waals surface area contributed by atoms with Crippen LogP contribution in [0.2, 0.25) is 0 Å². The minimum atomic E-state index is -1.04. The SMILES string of the molecule is CCC(c1nccs1)n1cc(C(=O)O)ccc1=O. The standard InChI is InChI=1S/C12H12N2O3S/c1-2-9(11-13-5-6-18-11)14-7-8(12(16)17)3-4-10(14)15/h3-7,9H,2H2,1H3,(H,16,17). The van der Waals surface area contributed by atoms with Crippen LogP contribution in [0.4, 0.5) is 0 Å². The van der Waals surface area contributed by atoms with E-state index in [1.807, 2.05) is 12.3 Å². The Morgan fingerprint density at radius 1 is 1.56 bits per heavy atom. The first-order valence-corrected chi connectivity index (χ1v) is 6.36. The number of carboxylic acid groups (broad SMARTS) is 1. The van der Waals surface area contributed by atoms with Crippen LogP contribution < -0.4 is 5.56 Å². The molecule has 1 unspecified atom stereocenters. The van der Waals surface area contributed by atoms with Gasteiger partial charge in [-0.3, -0.25) is 4.79 Å². The third kappa shape index (κ3) is 2.33. The number of hydrogen-bond donors (Lipinski definition) is 1. The van der Waals surface area contributed by atoms with Crippen LogP contribution >= 0.6 is 11.3 Å². The lowest BCUT2D eigenvalue weighted by molar-refractivity contribution is 0.0695. The van der Waals surface area contributed by atoms with Crippen molar-refractivity contribution in [3.05, 3.63) is 50.8 Å². The number of aromatic nitrogens is 2. The van der Waals surface area contributed by atoms with E-state index in [4.69, 9.17) is 5.11 Å². The minimum Gasteiger partial charge on any atom is -0.478 e. The van der Waals surface area contributed by atoms with Crippen molar-refractivity contribution in [3.63, 3.8) is 0 Å². The number of nitrogens with zero attached hydrogens (tertiary/aromatic N) is 2. The number of thiazole rings is 1. The summed E-state index contributed by atoms with van der Waals surface area (Å²) in [7, 11) is 0. The summed E-state index contributed by atoms with van der Waals surface area (Å²) in [6.07, 6.45) is 3.73. The van der Waals surface area contributed by atoms with E-state index in [0.717, 1.165) is 5.01 Å². The molecule has 2 rings (SSSR count). The number of pyridine rings is 1. The number of hydrogen-bond acceptors (Lipinski definition) is 4. The molecule has 0 fully saturated rings. The van der Waals surface area contributed by atoms with Crippen LogP contribution in [-0.4, -0.2) is 20.6 Å². The Morgan fingerprint density at radius 3 is 2.89 bits per heavy atom. The number of carboxylic acids is 1. The van der Waals surface area contributed by atoms with Gasteiger partial charge in [-0.2, -0.15) is 0 Å². The zero-order valence-corrected chi connectivity index (χ0v) is 10.6. The van der Waals surface area contributed by atoms with Gasteiger partial charge in [-0.25, -0.2) is 9.78 Å². The Bertz CT molecular complexity index is 604. The van der Waals surface area contributed by atoms with Gasteiger partial charge in [-0.05, 0) is 12.5 Å². The van der Waals surface area contributed by atoms with Gasteiger partial charge in [0.15, 0.2) is 0 Å². The summed E-state index contributed by atoms with van der Waals surface area (Å²) in [6, 6.07) is 2.38. The monoisotopic (exact) mass is 264 g/mol. The number of rotatable bonds is 4. The second kappa shape index (κ2) is 5.14. The summed E-state index contributed by atoms with van der Waals surface area (Å²) in [5.74, 6) is -1.04. The average molecular weight is 264 g/mol. The maximum atomic E-state index is 11.8. The molecule has 0 aromatic carbocycles. The topological polar surface area (TPSA) is 72.2 Å². The molecule has 0 spiro atoms. The lowest BCUT2D eigenvalue weighted by Crippen LogP contribution is -2.25. The molecule has 0 aliphatic heterocycles. The van der Waals surface area contributed by atoms with E-state index in [-0.39, 0.29) is 17.2 Å². The molecule has 0 saturated carbocycles. The fraction of sp³-hybridized carbons (Fsp3) is 0.250. The summed E-state index contributed by atoms with van der Waals surface area (Å²) in [5, 5.41) is 11.6. The molecule has 18 heavy (non-hydrogen) atoms. The van der Waals surface area contributed by atoms with Gasteiger partial charge in [0, 0.05) is 23.8 Å². The highest BCUT2D eigenvalue weighted by Crippen LogP contribution is 2.22. The normalized spacial score (nSPS) is 12.3. The Hall–Kier alpha value is -1.95. The van der Waals surface area contributed by atoms with Gasteiger partial charge < -0.3 is 9.67 Å². The third-order valence-electron chi connectivity index (χ3n) is 2.64. The van der Waals surface area contributed by atoms with Crippen molar-refractivity contribution in [1.82, 2.24) is 9.55 Å². The number of carbonyl (C=O) groups is 1. The Morgan fingerprint density at radius 2 is 2.33 bits per heavy atom. The Labute approximate surface area is 107 Å². The predicted octanol–water partition coefficient (Wildman–Crippen LogP) is 2.00. The highest BCUT2D eigenvalue weighted by Gasteiger charge is 2.16. The van der Waals surface area contributed by atoms with E-state index in [2.05, 4.69) is 4.98 Å². The smallest absolute Gasteiger partial charge is 0.337 e. The molecule has 0 aliphatic rings. The first-order valence-electron chi connectivity index (χ1n) is 5.48. The molecule has 1 atom stereocenters. The van der Waals surface area contributed by atoms with E-state index in [0.29, 0.717) is 6.42 Å². The van der Waals surface area contributed by atoms with Crippen LogP contribution in [-0.2, 0) is 0 Å². The molecule has 0 bridgehead atoms. The van der Waals surface area contributed by atoms with Gasteiger partial charge >= 0.3 is 5.97 Å². The van der Waals surface area contributed by atoms with E-state index >= 15 is 0 Å². The molecule has 0 aliphatic carbocycles. The highest BCUT2D eigenvalue weighted by molar-refractivity contribution is 7.09. The van der Waals surface area contributed by atoms with E-state index < -0.39 is 5.97 Å². The molecular weight excluding hydrogens is 252 g/mol. The maximum absolute atomic E-state index is 11.8. The predicted molar refractivity (Wildman–Crippen MR) is 68.2 cm³/mol. The van der Waals surface area contributed by atoms with Crippen LogP contribution in [0.15, 0.2) is 34.7 Å². The zero-order valence-electron chi connectivity index (χ0n) is 9.74. The summed E-state index contributed by atoms with van der Waals surface area (Å²) >= 11 is 1.46. The Balaban J connectivity index is 2.51. The first-order chi connectivity index (χ1) is 8.63. The van der Waals surface area contributed by atoms with Crippen molar-refractivity contribution in [2.75, 3.05) is 0 Å². The molecule has 0 saturated heterocycles. The van der Waals surface area contributed by atoms with Crippen molar-refractivity contribution >= 4 is 17.3 Å². The van der Waals surface area contributed by atoms with Crippen molar-refractivity contribution in [1.29, 1.82) is 0 Å². The van der Waals surface area contributed by atoms with Gasteiger partial charge in [0.25, 0.3) is 5.56 Å². The molecule has 0 amide bonds. The molecule has 0 radical (unpaired) electrons. The second-order valence-corrected chi connectivity index (χ2v) is 4.69. The molecule has 6 heteroatoms. The largest absolute Gasteiger partial charge is 0.478 e. The van der Waals surface area contributed by atoms with Gasteiger partial charge in [0.2, 0.25) is 0 Å². The summed E-state index contributed by atoms with van der Waals surface area (Å²) < 4.78 is 1.43. The van der Waals surface area contributed by atoms with Crippen molar-refractivity contribution < 1.29 is 9.90 Å². The van der Waals surface area contributed by atoms with Gasteiger partial charge in [0.05, 0.1) is 11.6 Å². The van der Waals surface area contributed by atoms with Gasteiger partial charge in [-0.15, -0.1) is 11.3 Å². The molecule has 5 nitrogen and oxygen atoms in total. The van der Waals surface area contributed by atoms with E-state index in [1.165, 1.54) is 34.2 Å². The quantitative estimate of drug-likeness (QED) is 0.916. The lowest BCUT2D eigenvalue weighted by atomic mass is 10.2. The van der Waals surface area contributed by atoms with Crippen molar-refractivity contribution in [3.8, 4) is 0 Å². The minimum absolute atomic E-state index is 0.101. The molecule has 2 heterocycles. The summed E-state index contributed by atoms with van der Waals surface area (Å²) in [6.45, 7) is 1.94. The highest BCUT2D eigenvalue weighted by atomic mass is 32.1. The van der Waals surface area contributed by atoms with Crippen molar-refractivity contribution in [2.45, 2.75) is 19.4 Å². The summed E-state index contributed by atoms with van der Waals surface area (Å²) in [5.41, 5.74) is -0.119. The van der Waals surface area contributed by atoms with E-state index in [9.17, 15) is 9.59 Å². The summed E-state index contributed by atoms with van der Waals surface area (Å²) in [4.78, 5) is 27.0. The molecule has 2 aromatic heterocycles. The van der Waals surface area contributed by atoms with Crippen molar-refractivity contribution in [2.24, 2.45) is 0 Å². The lowest BCUT2D eigenvalue weighted by Gasteiger charge is -2.16. The molecule has 1 N–H and O–H groups in total. The third-order valence-corrected chi connectivity index (χ3v) is 3.52. The fourth-order valence-electron chi connectivity index (χ4n) is 1.76. The van der Waals surface area contributed by atoms with Crippen LogP contribution in [0.25, 0.3) is 0 Å². The van der Waals surface area contributed by atoms with Crippen LogP contribution in [0.3, 0.4) is 0 Å². The number of aromatic carboxylic acids is 1.